The lowest BCUT2D eigenvalue weighted by molar-refractivity contribution is -0.384. The molecule has 0 aliphatic rings. The van der Waals surface area contributed by atoms with Gasteiger partial charge in [-0.3, -0.25) is 14.9 Å². The van der Waals surface area contributed by atoms with E-state index in [0.29, 0.717) is 0 Å². The molecule has 1 rings (SSSR count). The number of carbonyl (C=O) groups excluding carboxylic acids is 1. The van der Waals surface area contributed by atoms with Crippen LogP contribution in [0.25, 0.3) is 0 Å². The maximum atomic E-state index is 11.7. The molecular formula is C10H7Cl3N2O3. The van der Waals surface area contributed by atoms with E-state index in [0.717, 1.165) is 6.07 Å². The van der Waals surface area contributed by atoms with Crippen molar-refractivity contribution in [2.24, 2.45) is 0 Å². The Hall–Kier alpha value is -1.30. The number of carbonyl (C=O) groups is 1. The molecule has 0 fully saturated rings. The molecule has 0 atom stereocenters. The molecule has 8 heteroatoms. The normalized spacial score (nSPS) is 9.94. The summed E-state index contributed by atoms with van der Waals surface area (Å²) in [5.41, 5.74) is -0.409. The van der Waals surface area contributed by atoms with Gasteiger partial charge in [-0.1, -0.05) is 41.4 Å². The molecule has 0 saturated carbocycles. The molecule has 0 unspecified atom stereocenters. The summed E-state index contributed by atoms with van der Waals surface area (Å²) < 4.78 is 0. The Balaban J connectivity index is 3.07. The Bertz CT molecular complexity index is 531. The second-order valence-electron chi connectivity index (χ2n) is 3.25. The SMILES string of the molecule is C=C(Cl)CNC(=O)c1cc(Cl)c(Cl)c([N+](=O)[O-])c1. The molecule has 0 aliphatic heterocycles. The van der Waals surface area contributed by atoms with Gasteiger partial charge in [0.05, 0.1) is 16.5 Å². The van der Waals surface area contributed by atoms with Gasteiger partial charge in [-0.25, -0.2) is 0 Å². The fourth-order valence-corrected chi connectivity index (χ4v) is 1.58. The highest BCUT2D eigenvalue weighted by Crippen LogP contribution is 2.32. The minimum atomic E-state index is -0.717. The molecule has 1 aromatic carbocycles. The third kappa shape index (κ3) is 3.60. The molecule has 0 heterocycles. The van der Waals surface area contributed by atoms with Gasteiger partial charge in [-0.2, -0.15) is 0 Å². The minimum Gasteiger partial charge on any atom is -0.347 e. The van der Waals surface area contributed by atoms with Gasteiger partial charge in [0.25, 0.3) is 11.6 Å². The fourth-order valence-electron chi connectivity index (χ4n) is 1.12. The van der Waals surface area contributed by atoms with Gasteiger partial charge in [0, 0.05) is 16.7 Å². The number of rotatable bonds is 4. The van der Waals surface area contributed by atoms with Crippen molar-refractivity contribution < 1.29 is 9.72 Å². The van der Waals surface area contributed by atoms with Crippen LogP contribution in [0.2, 0.25) is 10.0 Å². The first-order valence-corrected chi connectivity index (χ1v) is 5.71. The average molecular weight is 310 g/mol. The summed E-state index contributed by atoms with van der Waals surface area (Å²) in [4.78, 5) is 21.6. The number of amides is 1. The highest BCUT2D eigenvalue weighted by Gasteiger charge is 2.19. The first-order valence-electron chi connectivity index (χ1n) is 4.58. The second kappa shape index (κ2) is 6.04. The number of nitro groups is 1. The van der Waals surface area contributed by atoms with Crippen LogP contribution < -0.4 is 5.32 Å². The summed E-state index contributed by atoms with van der Waals surface area (Å²) in [5.74, 6) is -0.557. The zero-order valence-electron chi connectivity index (χ0n) is 8.87. The van der Waals surface area contributed by atoms with E-state index >= 15 is 0 Å². The van der Waals surface area contributed by atoms with Crippen molar-refractivity contribution >= 4 is 46.4 Å². The Labute approximate surface area is 117 Å². The van der Waals surface area contributed by atoms with E-state index in [-0.39, 0.29) is 27.2 Å². The molecular weight excluding hydrogens is 302 g/mol. The Morgan fingerprint density at radius 3 is 2.56 bits per heavy atom. The van der Waals surface area contributed by atoms with Crippen LogP contribution in [0.1, 0.15) is 10.4 Å². The quantitative estimate of drug-likeness (QED) is 0.684. The van der Waals surface area contributed by atoms with E-state index in [9.17, 15) is 14.9 Å². The topological polar surface area (TPSA) is 72.2 Å². The van der Waals surface area contributed by atoms with Crippen LogP contribution >= 0.6 is 34.8 Å². The standard InChI is InChI=1S/C10H7Cl3N2O3/c1-5(11)4-14-10(16)6-2-7(12)9(13)8(3-6)15(17)18/h2-3H,1,4H2,(H,14,16). The smallest absolute Gasteiger partial charge is 0.290 e. The van der Waals surface area contributed by atoms with Gasteiger partial charge in [-0.05, 0) is 6.07 Å². The van der Waals surface area contributed by atoms with E-state index in [1.165, 1.54) is 6.07 Å². The highest BCUT2D eigenvalue weighted by atomic mass is 35.5. The van der Waals surface area contributed by atoms with Gasteiger partial charge in [0.1, 0.15) is 5.02 Å². The molecule has 0 aromatic heterocycles. The van der Waals surface area contributed by atoms with Crippen molar-refractivity contribution in [1.29, 1.82) is 0 Å². The number of benzene rings is 1. The van der Waals surface area contributed by atoms with E-state index in [1.54, 1.807) is 0 Å². The number of nitrogens with zero attached hydrogens (tertiary/aromatic N) is 1. The molecule has 96 valence electrons. The Kier molecular flexibility index (Phi) is 4.95. The van der Waals surface area contributed by atoms with Crippen molar-refractivity contribution in [2.45, 2.75) is 0 Å². The lowest BCUT2D eigenvalue weighted by Crippen LogP contribution is -2.24. The van der Waals surface area contributed by atoms with Gasteiger partial charge in [0.15, 0.2) is 0 Å². The van der Waals surface area contributed by atoms with Crippen LogP contribution in [-0.2, 0) is 0 Å². The Morgan fingerprint density at radius 1 is 1.44 bits per heavy atom. The fraction of sp³-hybridized carbons (Fsp3) is 0.100. The third-order valence-electron chi connectivity index (χ3n) is 1.91. The number of halogens is 3. The first kappa shape index (κ1) is 14.8. The summed E-state index contributed by atoms with van der Waals surface area (Å²) in [6.07, 6.45) is 0. The molecule has 1 aromatic rings. The number of hydrogen-bond donors (Lipinski definition) is 1. The molecule has 0 radical (unpaired) electrons. The van der Waals surface area contributed by atoms with Crippen LogP contribution in [0, 0.1) is 10.1 Å². The summed E-state index contributed by atoms with van der Waals surface area (Å²) in [6.45, 7) is 3.44. The molecule has 1 amide bonds. The second-order valence-corrected chi connectivity index (χ2v) is 4.57. The lowest BCUT2D eigenvalue weighted by Gasteiger charge is -2.05. The number of nitro benzene ring substituents is 1. The maximum absolute atomic E-state index is 11.7. The number of hydrogen-bond acceptors (Lipinski definition) is 3. The highest BCUT2D eigenvalue weighted by molar-refractivity contribution is 6.43. The zero-order chi connectivity index (χ0) is 13.9. The molecule has 0 bridgehead atoms. The van der Waals surface area contributed by atoms with E-state index in [2.05, 4.69) is 11.9 Å². The van der Waals surface area contributed by atoms with Crippen molar-refractivity contribution in [3.63, 3.8) is 0 Å². The minimum absolute atomic E-state index is 0.0222. The van der Waals surface area contributed by atoms with Crippen LogP contribution in [0.3, 0.4) is 0 Å². The van der Waals surface area contributed by atoms with Crippen LogP contribution in [0.4, 0.5) is 5.69 Å². The summed E-state index contributed by atoms with van der Waals surface area (Å²) in [6, 6.07) is 2.28. The van der Waals surface area contributed by atoms with E-state index < -0.39 is 16.5 Å². The van der Waals surface area contributed by atoms with Gasteiger partial charge < -0.3 is 5.32 Å². The van der Waals surface area contributed by atoms with Gasteiger partial charge in [-0.15, -0.1) is 0 Å². The van der Waals surface area contributed by atoms with E-state index in [4.69, 9.17) is 34.8 Å². The predicted octanol–water partition coefficient (Wildman–Crippen LogP) is 3.38. The maximum Gasteiger partial charge on any atom is 0.290 e. The summed E-state index contributed by atoms with van der Waals surface area (Å²) >= 11 is 16.8. The van der Waals surface area contributed by atoms with Crippen LogP contribution in [0.15, 0.2) is 23.7 Å². The molecule has 5 nitrogen and oxygen atoms in total. The van der Waals surface area contributed by atoms with Crippen molar-refractivity contribution in [1.82, 2.24) is 5.32 Å². The van der Waals surface area contributed by atoms with Crippen LogP contribution in [0.5, 0.6) is 0 Å². The van der Waals surface area contributed by atoms with Crippen molar-refractivity contribution in [2.75, 3.05) is 6.54 Å². The van der Waals surface area contributed by atoms with Crippen molar-refractivity contribution in [3.05, 3.63) is 49.5 Å². The third-order valence-corrected chi connectivity index (χ3v) is 2.83. The van der Waals surface area contributed by atoms with Crippen molar-refractivity contribution in [3.8, 4) is 0 Å². The first-order chi connectivity index (χ1) is 8.32. The molecule has 0 saturated heterocycles. The average Bonchev–Trinajstić information content (AvgIpc) is 2.28. The monoisotopic (exact) mass is 308 g/mol. The molecule has 0 spiro atoms. The largest absolute Gasteiger partial charge is 0.347 e. The zero-order valence-corrected chi connectivity index (χ0v) is 11.1. The van der Waals surface area contributed by atoms with E-state index in [1.807, 2.05) is 0 Å². The molecule has 0 aliphatic carbocycles. The van der Waals surface area contributed by atoms with Gasteiger partial charge >= 0.3 is 0 Å². The summed E-state index contributed by atoms with van der Waals surface area (Å²) in [5, 5.41) is 13.1. The van der Waals surface area contributed by atoms with Gasteiger partial charge in [0.2, 0.25) is 0 Å². The number of nitrogens with one attached hydrogen (secondary N) is 1. The lowest BCUT2D eigenvalue weighted by atomic mass is 10.2. The molecule has 18 heavy (non-hydrogen) atoms. The molecule has 1 N–H and O–H groups in total. The Morgan fingerprint density at radius 2 is 2.06 bits per heavy atom. The summed E-state index contributed by atoms with van der Waals surface area (Å²) in [7, 11) is 0. The van der Waals surface area contributed by atoms with Crippen LogP contribution in [-0.4, -0.2) is 17.4 Å². The predicted molar refractivity (Wildman–Crippen MR) is 70.4 cm³/mol.